The van der Waals surface area contributed by atoms with E-state index in [0.717, 1.165) is 5.92 Å². The first-order valence-corrected chi connectivity index (χ1v) is 6.11. The molecule has 0 amide bonds. The Morgan fingerprint density at radius 3 is 2.00 bits per heavy atom. The molecule has 15 heavy (non-hydrogen) atoms. The Hall–Kier alpha value is -0.740. The van der Waals surface area contributed by atoms with E-state index in [1.807, 2.05) is 33.8 Å². The second-order valence-corrected chi connectivity index (χ2v) is 3.39. The van der Waals surface area contributed by atoms with Gasteiger partial charge >= 0.3 is 0 Å². The van der Waals surface area contributed by atoms with Crippen molar-refractivity contribution in [1.29, 1.82) is 0 Å². The predicted octanol–water partition coefficient (Wildman–Crippen LogP) is 5.76. The molecule has 0 heterocycles. The standard InChI is InChI=1S/C10H18.C3H6.C2H6/c1-4-5-6-7-8-9-10(2)3;1-3-2;1-2/h4,6,10H,7-9H2,1-3H3;3H,1H2,2H3;1-2H3. The van der Waals surface area contributed by atoms with Gasteiger partial charge in [-0.05, 0) is 44.8 Å². The predicted molar refractivity (Wildman–Crippen MR) is 74.2 cm³/mol. The molecule has 0 spiro atoms. The monoisotopic (exact) mass is 210 g/mol. The van der Waals surface area contributed by atoms with Crippen LogP contribution in [0.5, 0.6) is 0 Å². The zero-order valence-electron chi connectivity index (χ0n) is 11.6. The fourth-order valence-corrected chi connectivity index (χ4v) is 0.829. The molecule has 0 N–H and O–H groups in total. The minimum Gasteiger partial charge on any atom is -0.130 e. The summed E-state index contributed by atoms with van der Waals surface area (Å²) in [5.74, 6) is 0.846. The second kappa shape index (κ2) is 23.2. The van der Waals surface area contributed by atoms with Crippen LogP contribution in [0.25, 0.3) is 0 Å². The zero-order valence-corrected chi connectivity index (χ0v) is 11.6. The van der Waals surface area contributed by atoms with E-state index in [-0.39, 0.29) is 0 Å². The largest absolute Gasteiger partial charge is 0.130 e. The Morgan fingerprint density at radius 1 is 1.20 bits per heavy atom. The normalized spacial score (nSPS) is 7.40. The summed E-state index contributed by atoms with van der Waals surface area (Å²) in [6, 6.07) is 0. The maximum absolute atomic E-state index is 3.36. The molecule has 0 atom stereocenters. The summed E-state index contributed by atoms with van der Waals surface area (Å²) >= 11 is 0. The molecule has 0 fully saturated rings. The lowest BCUT2D eigenvalue weighted by atomic mass is 10.1. The number of hydrogen-bond acceptors (Lipinski definition) is 0. The van der Waals surface area contributed by atoms with Gasteiger partial charge < -0.3 is 0 Å². The molecular formula is C15H30. The van der Waals surface area contributed by atoms with E-state index in [4.69, 9.17) is 0 Å². The third-order valence-corrected chi connectivity index (χ3v) is 1.41. The van der Waals surface area contributed by atoms with Crippen molar-refractivity contribution in [3.8, 4) is 0 Å². The lowest BCUT2D eigenvalue weighted by molar-refractivity contribution is 0.560. The fraction of sp³-hybridized carbons (Fsp3) is 0.667. The van der Waals surface area contributed by atoms with Crippen LogP contribution in [0, 0.1) is 5.92 Å². The van der Waals surface area contributed by atoms with Gasteiger partial charge in [-0.1, -0.05) is 40.2 Å². The van der Waals surface area contributed by atoms with Gasteiger partial charge in [0.15, 0.2) is 0 Å². The van der Waals surface area contributed by atoms with Crippen molar-refractivity contribution in [2.45, 2.75) is 60.8 Å². The molecule has 0 rings (SSSR count). The van der Waals surface area contributed by atoms with E-state index >= 15 is 0 Å². The van der Waals surface area contributed by atoms with Crippen molar-refractivity contribution < 1.29 is 0 Å². The van der Waals surface area contributed by atoms with Gasteiger partial charge in [-0.2, -0.15) is 0 Å². The fourth-order valence-electron chi connectivity index (χ4n) is 0.829. The number of allylic oxidation sites excluding steroid dienone is 2. The summed E-state index contributed by atoms with van der Waals surface area (Å²) in [4.78, 5) is 0. The van der Waals surface area contributed by atoms with E-state index in [0.29, 0.717) is 0 Å². The van der Waals surface area contributed by atoms with Gasteiger partial charge in [0.1, 0.15) is 0 Å². The topological polar surface area (TPSA) is 0 Å². The molecule has 0 aromatic carbocycles. The third kappa shape index (κ3) is 42.9. The van der Waals surface area contributed by atoms with Crippen molar-refractivity contribution in [2.24, 2.45) is 5.92 Å². The van der Waals surface area contributed by atoms with Crippen LogP contribution >= 0.6 is 0 Å². The quantitative estimate of drug-likeness (QED) is 0.314. The Kier molecular flexibility index (Phi) is 30.6. The van der Waals surface area contributed by atoms with Gasteiger partial charge in [0, 0.05) is 0 Å². The highest BCUT2D eigenvalue weighted by molar-refractivity contribution is 4.81. The lowest BCUT2D eigenvalue weighted by Crippen LogP contribution is -1.84. The molecule has 0 aliphatic rings. The van der Waals surface area contributed by atoms with Crippen LogP contribution in [-0.4, -0.2) is 0 Å². The van der Waals surface area contributed by atoms with Crippen LogP contribution in [0.1, 0.15) is 60.8 Å². The number of unbranched alkanes of at least 4 members (excludes halogenated alkanes) is 1. The molecule has 0 unspecified atom stereocenters. The molecule has 0 saturated carbocycles. The smallest absolute Gasteiger partial charge is 0.0274 e. The van der Waals surface area contributed by atoms with Crippen molar-refractivity contribution in [3.63, 3.8) is 0 Å². The molecule has 0 aromatic rings. The molecular weight excluding hydrogens is 180 g/mol. The first kappa shape index (κ1) is 19.8. The Labute approximate surface area is 97.8 Å². The highest BCUT2D eigenvalue weighted by Gasteiger charge is 1.90. The van der Waals surface area contributed by atoms with Gasteiger partial charge in [-0.25, -0.2) is 0 Å². The minimum atomic E-state index is 0.846. The third-order valence-electron chi connectivity index (χ3n) is 1.41. The molecule has 0 saturated heterocycles. The minimum absolute atomic E-state index is 0.846. The molecule has 0 bridgehead atoms. The Morgan fingerprint density at radius 2 is 1.67 bits per heavy atom. The van der Waals surface area contributed by atoms with Crippen LogP contribution < -0.4 is 0 Å². The SMILES string of the molecule is C=CC.CC.CC=C=CCCCC(C)C. The summed E-state index contributed by atoms with van der Waals surface area (Å²) in [5, 5.41) is 0. The van der Waals surface area contributed by atoms with Crippen molar-refractivity contribution in [2.75, 3.05) is 0 Å². The Balaban J connectivity index is -0.000000245. The number of rotatable bonds is 4. The maximum Gasteiger partial charge on any atom is -0.0274 e. The average Bonchev–Trinajstić information content (AvgIpc) is 2.21. The van der Waals surface area contributed by atoms with Gasteiger partial charge in [-0.15, -0.1) is 12.3 Å². The highest BCUT2D eigenvalue weighted by Crippen LogP contribution is 2.05. The summed E-state index contributed by atoms with van der Waals surface area (Å²) in [7, 11) is 0. The lowest BCUT2D eigenvalue weighted by Gasteiger charge is -1.99. The highest BCUT2D eigenvalue weighted by atomic mass is 14.0. The van der Waals surface area contributed by atoms with E-state index in [9.17, 15) is 0 Å². The summed E-state index contributed by atoms with van der Waals surface area (Å²) in [6.07, 6.45) is 9.64. The molecule has 0 heteroatoms. The van der Waals surface area contributed by atoms with Crippen LogP contribution in [0.15, 0.2) is 30.5 Å². The summed E-state index contributed by atoms with van der Waals surface area (Å²) < 4.78 is 0. The van der Waals surface area contributed by atoms with Crippen LogP contribution in [0.2, 0.25) is 0 Å². The van der Waals surface area contributed by atoms with Crippen LogP contribution in [0.3, 0.4) is 0 Å². The van der Waals surface area contributed by atoms with Gasteiger partial charge in [0.05, 0.1) is 0 Å². The van der Waals surface area contributed by atoms with Gasteiger partial charge in [-0.3, -0.25) is 0 Å². The van der Waals surface area contributed by atoms with E-state index in [1.54, 1.807) is 6.08 Å². The van der Waals surface area contributed by atoms with Crippen LogP contribution in [0.4, 0.5) is 0 Å². The molecule has 90 valence electrons. The molecule has 0 aromatic heterocycles. The summed E-state index contributed by atoms with van der Waals surface area (Å²) in [5.41, 5.74) is 3.07. The number of hydrogen-bond donors (Lipinski definition) is 0. The second-order valence-electron chi connectivity index (χ2n) is 3.39. The van der Waals surface area contributed by atoms with E-state index in [2.05, 4.69) is 32.2 Å². The summed E-state index contributed by atoms with van der Waals surface area (Å²) in [6.45, 7) is 15.8. The van der Waals surface area contributed by atoms with E-state index in [1.165, 1.54) is 19.3 Å². The van der Waals surface area contributed by atoms with Crippen LogP contribution in [-0.2, 0) is 0 Å². The molecule has 0 aliphatic carbocycles. The average molecular weight is 210 g/mol. The molecule has 0 radical (unpaired) electrons. The first-order valence-electron chi connectivity index (χ1n) is 6.11. The van der Waals surface area contributed by atoms with Gasteiger partial charge in [0.25, 0.3) is 0 Å². The van der Waals surface area contributed by atoms with Crippen molar-refractivity contribution in [3.05, 3.63) is 30.5 Å². The van der Waals surface area contributed by atoms with Crippen molar-refractivity contribution in [1.82, 2.24) is 0 Å². The maximum atomic E-state index is 3.36. The Bertz CT molecular complexity index is 145. The zero-order chi connectivity index (χ0) is 12.5. The molecule has 0 nitrogen and oxygen atoms in total. The molecule has 0 aliphatic heterocycles. The van der Waals surface area contributed by atoms with E-state index < -0.39 is 0 Å². The first-order chi connectivity index (χ1) is 7.18. The van der Waals surface area contributed by atoms with Crippen molar-refractivity contribution >= 4 is 0 Å². The van der Waals surface area contributed by atoms with Gasteiger partial charge in [0.2, 0.25) is 0 Å².